The molecule has 1 amide bonds. The molecule has 1 aliphatic rings. The molecule has 1 N–H and O–H groups in total. The molecule has 150 valence electrons. The van der Waals surface area contributed by atoms with Crippen LogP contribution < -0.4 is 10.1 Å². The van der Waals surface area contributed by atoms with Crippen LogP contribution in [0.3, 0.4) is 0 Å². The summed E-state index contributed by atoms with van der Waals surface area (Å²) in [4.78, 5) is 12.5. The molecule has 0 bridgehead atoms. The van der Waals surface area contributed by atoms with E-state index in [4.69, 9.17) is 9.15 Å². The number of rotatable bonds is 7. The van der Waals surface area contributed by atoms with Crippen molar-refractivity contribution >= 4 is 11.7 Å². The highest BCUT2D eigenvalue weighted by atomic mass is 16.5. The second-order valence-electron chi connectivity index (χ2n) is 7.08. The minimum absolute atomic E-state index is 0.112. The number of carbonyl (C=O) groups is 1. The third-order valence-electron chi connectivity index (χ3n) is 4.82. The molecule has 1 saturated carbocycles. The summed E-state index contributed by atoms with van der Waals surface area (Å²) in [7, 11) is 0. The lowest BCUT2D eigenvalue weighted by Crippen LogP contribution is -2.21. The molecule has 0 atom stereocenters. The maximum Gasteiger partial charge on any atom is 0.263 e. The molecule has 2 heterocycles. The van der Waals surface area contributed by atoms with Gasteiger partial charge in [0, 0.05) is 17.5 Å². The summed E-state index contributed by atoms with van der Waals surface area (Å²) in [5, 5.41) is 15.1. The molecule has 8 heteroatoms. The zero-order valence-corrected chi connectivity index (χ0v) is 16.1. The highest BCUT2D eigenvalue weighted by Crippen LogP contribution is 2.40. The molecule has 2 aromatic carbocycles. The second kappa shape index (κ2) is 7.82. The first-order valence-electron chi connectivity index (χ1n) is 9.71. The number of para-hydroxylation sites is 1. The molecule has 0 spiro atoms. The van der Waals surface area contributed by atoms with E-state index >= 15 is 0 Å². The quantitative estimate of drug-likeness (QED) is 0.506. The summed E-state index contributed by atoms with van der Waals surface area (Å²) in [6, 6.07) is 18.8. The lowest BCUT2D eigenvalue weighted by molar-refractivity contribution is -0.118. The van der Waals surface area contributed by atoms with Gasteiger partial charge in [-0.1, -0.05) is 18.2 Å². The first-order chi connectivity index (χ1) is 14.8. The van der Waals surface area contributed by atoms with Crippen molar-refractivity contribution < 1.29 is 13.9 Å². The molecule has 1 aliphatic carbocycles. The number of hydrogen-bond donors (Lipinski definition) is 1. The number of amides is 1. The monoisotopic (exact) mass is 401 g/mol. The predicted octanol–water partition coefficient (Wildman–Crippen LogP) is 3.82. The van der Waals surface area contributed by atoms with Gasteiger partial charge in [0.15, 0.2) is 6.61 Å². The number of hydrogen-bond acceptors (Lipinski definition) is 6. The van der Waals surface area contributed by atoms with E-state index in [-0.39, 0.29) is 12.5 Å². The van der Waals surface area contributed by atoms with E-state index in [1.54, 1.807) is 28.9 Å². The Morgan fingerprint density at radius 1 is 1.13 bits per heavy atom. The largest absolute Gasteiger partial charge is 0.484 e. The molecule has 8 nitrogen and oxygen atoms in total. The Balaban J connectivity index is 1.25. The van der Waals surface area contributed by atoms with Crippen LogP contribution in [0, 0.1) is 0 Å². The molecule has 0 radical (unpaired) electrons. The standard InChI is InChI=1S/C22H19N5O3/c28-21(13-29-18-10-8-16(9-11-18)22-25-23-14-30-22)24-20-12-19(15-6-7-15)26-27(20)17-4-2-1-3-5-17/h1-5,8-12,14-15H,6-7,13H2,(H,24,28). The van der Waals surface area contributed by atoms with Crippen LogP contribution in [0.15, 0.2) is 71.5 Å². The third-order valence-corrected chi connectivity index (χ3v) is 4.82. The van der Waals surface area contributed by atoms with Crippen molar-refractivity contribution in [1.82, 2.24) is 20.0 Å². The van der Waals surface area contributed by atoms with Crippen LogP contribution >= 0.6 is 0 Å². The van der Waals surface area contributed by atoms with Crippen molar-refractivity contribution in [1.29, 1.82) is 0 Å². The van der Waals surface area contributed by atoms with E-state index in [1.807, 2.05) is 36.4 Å². The zero-order valence-electron chi connectivity index (χ0n) is 16.1. The average molecular weight is 401 g/mol. The van der Waals surface area contributed by atoms with Crippen LogP contribution in [0.2, 0.25) is 0 Å². The van der Waals surface area contributed by atoms with Gasteiger partial charge in [-0.25, -0.2) is 4.68 Å². The highest BCUT2D eigenvalue weighted by Gasteiger charge is 2.28. The Morgan fingerprint density at radius 2 is 1.93 bits per heavy atom. The topological polar surface area (TPSA) is 95.1 Å². The first-order valence-corrected chi connectivity index (χ1v) is 9.71. The number of aromatic nitrogens is 4. The van der Waals surface area contributed by atoms with Crippen LogP contribution in [0.4, 0.5) is 5.82 Å². The summed E-state index contributed by atoms with van der Waals surface area (Å²) in [6.45, 7) is -0.112. The van der Waals surface area contributed by atoms with Crippen molar-refractivity contribution in [2.75, 3.05) is 11.9 Å². The molecule has 5 rings (SSSR count). The van der Waals surface area contributed by atoms with Gasteiger partial charge in [-0.05, 0) is 49.2 Å². The van der Waals surface area contributed by atoms with Gasteiger partial charge in [0.2, 0.25) is 12.3 Å². The van der Waals surface area contributed by atoms with Gasteiger partial charge in [-0.3, -0.25) is 4.79 Å². The Morgan fingerprint density at radius 3 is 2.63 bits per heavy atom. The van der Waals surface area contributed by atoms with Crippen LogP contribution in [0.25, 0.3) is 17.1 Å². The summed E-state index contributed by atoms with van der Waals surface area (Å²) in [6.07, 6.45) is 3.56. The molecular formula is C22H19N5O3. The molecule has 2 aromatic heterocycles. The van der Waals surface area contributed by atoms with Gasteiger partial charge in [-0.15, -0.1) is 10.2 Å². The molecule has 4 aromatic rings. The second-order valence-corrected chi connectivity index (χ2v) is 7.08. The van der Waals surface area contributed by atoms with Gasteiger partial charge < -0.3 is 14.5 Å². The van der Waals surface area contributed by atoms with Crippen LogP contribution in [-0.4, -0.2) is 32.5 Å². The van der Waals surface area contributed by atoms with E-state index in [0.29, 0.717) is 23.4 Å². The van der Waals surface area contributed by atoms with Gasteiger partial charge in [0.25, 0.3) is 5.91 Å². The average Bonchev–Trinajstić information content (AvgIpc) is 3.32. The molecular weight excluding hydrogens is 382 g/mol. The Kier molecular flexibility index (Phi) is 4.72. The van der Waals surface area contributed by atoms with E-state index in [9.17, 15) is 4.79 Å². The van der Waals surface area contributed by atoms with Crippen molar-refractivity contribution in [3.05, 3.63) is 72.8 Å². The highest BCUT2D eigenvalue weighted by molar-refractivity contribution is 5.91. The van der Waals surface area contributed by atoms with Crippen LogP contribution in [0.1, 0.15) is 24.5 Å². The Bertz CT molecular complexity index is 1130. The maximum absolute atomic E-state index is 12.5. The minimum Gasteiger partial charge on any atom is -0.484 e. The fraction of sp³-hybridized carbons (Fsp3) is 0.182. The lowest BCUT2D eigenvalue weighted by atomic mass is 10.2. The number of anilines is 1. The van der Waals surface area contributed by atoms with Crippen LogP contribution in [0.5, 0.6) is 5.75 Å². The van der Waals surface area contributed by atoms with Crippen molar-refractivity contribution in [3.8, 4) is 22.9 Å². The molecule has 0 unspecified atom stereocenters. The molecule has 30 heavy (non-hydrogen) atoms. The van der Waals surface area contributed by atoms with Crippen molar-refractivity contribution in [2.24, 2.45) is 0 Å². The summed E-state index contributed by atoms with van der Waals surface area (Å²) >= 11 is 0. The predicted molar refractivity (Wildman–Crippen MR) is 109 cm³/mol. The van der Waals surface area contributed by atoms with Gasteiger partial charge in [-0.2, -0.15) is 5.10 Å². The van der Waals surface area contributed by atoms with Gasteiger partial charge >= 0.3 is 0 Å². The normalized spacial score (nSPS) is 13.2. The Hall–Kier alpha value is -3.94. The van der Waals surface area contributed by atoms with Crippen molar-refractivity contribution in [2.45, 2.75) is 18.8 Å². The van der Waals surface area contributed by atoms with Crippen LogP contribution in [-0.2, 0) is 4.79 Å². The zero-order chi connectivity index (χ0) is 20.3. The SMILES string of the molecule is O=C(COc1ccc(-c2nnco2)cc1)Nc1cc(C2CC2)nn1-c1ccccc1. The number of ether oxygens (including phenoxy) is 1. The maximum atomic E-state index is 12.5. The summed E-state index contributed by atoms with van der Waals surface area (Å²) in [5.41, 5.74) is 2.69. The lowest BCUT2D eigenvalue weighted by Gasteiger charge is -2.10. The van der Waals surface area contributed by atoms with E-state index < -0.39 is 0 Å². The first kappa shape index (κ1) is 18.1. The summed E-state index contributed by atoms with van der Waals surface area (Å²) in [5.74, 6) is 1.88. The van der Waals surface area contributed by atoms with Gasteiger partial charge in [0.05, 0.1) is 11.4 Å². The number of nitrogens with zero attached hydrogens (tertiary/aromatic N) is 4. The van der Waals surface area contributed by atoms with Gasteiger partial charge in [0.1, 0.15) is 11.6 Å². The van der Waals surface area contributed by atoms with E-state index in [2.05, 4.69) is 20.6 Å². The number of nitrogens with one attached hydrogen (secondary N) is 1. The fourth-order valence-electron chi connectivity index (χ4n) is 3.15. The fourth-order valence-corrected chi connectivity index (χ4v) is 3.15. The molecule has 1 fully saturated rings. The number of benzene rings is 2. The number of carbonyl (C=O) groups excluding carboxylic acids is 1. The summed E-state index contributed by atoms with van der Waals surface area (Å²) < 4.78 is 12.5. The smallest absolute Gasteiger partial charge is 0.263 e. The molecule has 0 aliphatic heterocycles. The molecule has 0 saturated heterocycles. The van der Waals surface area contributed by atoms with E-state index in [0.717, 1.165) is 29.8 Å². The van der Waals surface area contributed by atoms with Crippen molar-refractivity contribution in [3.63, 3.8) is 0 Å². The third kappa shape index (κ3) is 3.93. The Labute approximate surface area is 172 Å². The minimum atomic E-state index is -0.254. The van der Waals surface area contributed by atoms with E-state index in [1.165, 1.54) is 6.39 Å².